The van der Waals surface area contributed by atoms with Gasteiger partial charge in [-0.15, -0.1) is 0 Å². The van der Waals surface area contributed by atoms with E-state index in [2.05, 4.69) is 24.1 Å². The van der Waals surface area contributed by atoms with Gasteiger partial charge in [0.15, 0.2) is 0 Å². The fourth-order valence-electron chi connectivity index (χ4n) is 3.71. The first-order chi connectivity index (χ1) is 9.61. The third-order valence-electron chi connectivity index (χ3n) is 5.27. The van der Waals surface area contributed by atoms with Crippen LogP contribution in [0.15, 0.2) is 0 Å². The van der Waals surface area contributed by atoms with Gasteiger partial charge in [0.2, 0.25) is 0 Å². The molecule has 2 aliphatic rings. The molecule has 20 heavy (non-hydrogen) atoms. The lowest BCUT2D eigenvalue weighted by atomic mass is 9.73. The lowest BCUT2D eigenvalue weighted by Crippen LogP contribution is -2.56. The molecule has 2 atom stereocenters. The summed E-state index contributed by atoms with van der Waals surface area (Å²) in [5.41, 5.74) is -0.654. The summed E-state index contributed by atoms with van der Waals surface area (Å²) in [5, 5.41) is 13.1. The van der Waals surface area contributed by atoms with E-state index in [0.29, 0.717) is 5.92 Å². The van der Waals surface area contributed by atoms with Crippen LogP contribution in [0.5, 0.6) is 0 Å². The average Bonchev–Trinajstić information content (AvgIpc) is 3.28. The number of hydrogen-bond donors (Lipinski definition) is 2. The maximum Gasteiger partial charge on any atom is 0.323 e. The first-order valence-corrected chi connectivity index (χ1v) is 8.32. The zero-order chi connectivity index (χ0) is 14.6. The lowest BCUT2D eigenvalue weighted by Gasteiger charge is -2.39. The number of nitrogens with zero attached hydrogens (tertiary/aromatic N) is 1. The molecule has 116 valence electrons. The smallest absolute Gasteiger partial charge is 0.323 e. The standard InChI is InChI=1S/C16H30N2O2/c1-3-18(4-2)11-10-17-16(15(19)20)9-5-6-14(12-16)13-7-8-13/h13-14,17H,3-12H2,1-2H3,(H,19,20). The molecular weight excluding hydrogens is 252 g/mol. The first kappa shape index (κ1) is 15.8. The highest BCUT2D eigenvalue weighted by Gasteiger charge is 2.46. The Labute approximate surface area is 122 Å². The summed E-state index contributed by atoms with van der Waals surface area (Å²) in [4.78, 5) is 14.1. The Kier molecular flexibility index (Phi) is 5.44. The van der Waals surface area contributed by atoms with Crippen LogP contribution < -0.4 is 5.32 Å². The summed E-state index contributed by atoms with van der Waals surface area (Å²) in [5.74, 6) is 0.821. The zero-order valence-corrected chi connectivity index (χ0v) is 13.0. The van der Waals surface area contributed by atoms with Crippen molar-refractivity contribution in [1.29, 1.82) is 0 Å². The van der Waals surface area contributed by atoms with Crippen LogP contribution in [-0.4, -0.2) is 47.7 Å². The Bertz CT molecular complexity index is 326. The molecule has 0 spiro atoms. The van der Waals surface area contributed by atoms with Gasteiger partial charge in [0.25, 0.3) is 0 Å². The second-order valence-corrected chi connectivity index (χ2v) is 6.53. The minimum atomic E-state index is -0.654. The Morgan fingerprint density at radius 3 is 2.50 bits per heavy atom. The monoisotopic (exact) mass is 282 g/mol. The Hall–Kier alpha value is -0.610. The minimum absolute atomic E-state index is 0.637. The number of hydrogen-bond acceptors (Lipinski definition) is 3. The summed E-state index contributed by atoms with van der Waals surface area (Å²) in [6.07, 6.45) is 6.57. The predicted molar refractivity (Wildman–Crippen MR) is 80.8 cm³/mol. The van der Waals surface area contributed by atoms with Crippen molar-refractivity contribution < 1.29 is 9.90 Å². The normalized spacial score (nSPS) is 30.6. The van der Waals surface area contributed by atoms with Crippen LogP contribution in [0.1, 0.15) is 52.4 Å². The van der Waals surface area contributed by atoms with E-state index in [1.807, 2.05) is 0 Å². The molecule has 0 aromatic rings. The third kappa shape index (κ3) is 3.73. The number of rotatable bonds is 8. The van der Waals surface area contributed by atoms with Gasteiger partial charge in [-0.25, -0.2) is 0 Å². The zero-order valence-electron chi connectivity index (χ0n) is 13.0. The molecule has 4 heteroatoms. The molecule has 2 unspecified atom stereocenters. The molecule has 4 nitrogen and oxygen atoms in total. The number of aliphatic carboxylic acids is 1. The van der Waals surface area contributed by atoms with Crippen molar-refractivity contribution in [3.05, 3.63) is 0 Å². The molecule has 2 aliphatic carbocycles. The van der Waals surface area contributed by atoms with Crippen LogP contribution in [0, 0.1) is 11.8 Å². The molecule has 2 fully saturated rings. The molecule has 0 bridgehead atoms. The summed E-state index contributed by atoms with van der Waals surface area (Å²) < 4.78 is 0. The van der Waals surface area contributed by atoms with Crippen molar-refractivity contribution in [2.24, 2.45) is 11.8 Å². The topological polar surface area (TPSA) is 52.6 Å². The van der Waals surface area contributed by atoms with Crippen molar-refractivity contribution in [2.75, 3.05) is 26.2 Å². The minimum Gasteiger partial charge on any atom is -0.480 e. The van der Waals surface area contributed by atoms with Crippen LogP contribution in [-0.2, 0) is 4.79 Å². The number of nitrogens with one attached hydrogen (secondary N) is 1. The predicted octanol–water partition coefficient (Wildman–Crippen LogP) is 2.34. The Balaban J connectivity index is 1.89. The lowest BCUT2D eigenvalue weighted by molar-refractivity contribution is -0.147. The number of carboxylic acids is 1. The highest BCUT2D eigenvalue weighted by molar-refractivity contribution is 5.79. The number of carbonyl (C=O) groups is 1. The first-order valence-electron chi connectivity index (χ1n) is 8.32. The average molecular weight is 282 g/mol. The van der Waals surface area contributed by atoms with Gasteiger partial charge in [0, 0.05) is 13.1 Å². The Morgan fingerprint density at radius 2 is 1.95 bits per heavy atom. The molecule has 0 heterocycles. The molecule has 0 aliphatic heterocycles. The van der Waals surface area contributed by atoms with E-state index < -0.39 is 11.5 Å². The van der Waals surface area contributed by atoms with Crippen LogP contribution in [0.25, 0.3) is 0 Å². The van der Waals surface area contributed by atoms with E-state index in [4.69, 9.17) is 0 Å². The van der Waals surface area contributed by atoms with Gasteiger partial charge in [-0.1, -0.05) is 26.7 Å². The number of likely N-dealkylation sites (N-methyl/N-ethyl adjacent to an activating group) is 1. The summed E-state index contributed by atoms with van der Waals surface area (Å²) in [6, 6.07) is 0. The van der Waals surface area contributed by atoms with Gasteiger partial charge in [-0.2, -0.15) is 0 Å². The molecule has 0 amide bonds. The van der Waals surface area contributed by atoms with Gasteiger partial charge in [-0.3, -0.25) is 4.79 Å². The van der Waals surface area contributed by atoms with Crippen LogP contribution in [0.3, 0.4) is 0 Å². The quantitative estimate of drug-likeness (QED) is 0.717. The van der Waals surface area contributed by atoms with Crippen LogP contribution in [0.2, 0.25) is 0 Å². The van der Waals surface area contributed by atoms with Gasteiger partial charge in [0.05, 0.1) is 0 Å². The SMILES string of the molecule is CCN(CC)CCNC1(C(=O)O)CCCC(C2CC2)C1. The molecule has 0 aromatic heterocycles. The second kappa shape index (κ2) is 6.90. The van der Waals surface area contributed by atoms with Gasteiger partial charge in [-0.05, 0) is 50.6 Å². The molecule has 0 aromatic carbocycles. The maximum absolute atomic E-state index is 11.8. The van der Waals surface area contributed by atoms with Crippen LogP contribution in [0.4, 0.5) is 0 Å². The van der Waals surface area contributed by atoms with Crippen molar-refractivity contribution >= 4 is 5.97 Å². The number of carboxylic acid groups (broad SMARTS) is 1. The maximum atomic E-state index is 11.8. The summed E-state index contributed by atoms with van der Waals surface area (Å²) >= 11 is 0. The van der Waals surface area contributed by atoms with Crippen LogP contribution >= 0.6 is 0 Å². The van der Waals surface area contributed by atoms with Crippen molar-refractivity contribution in [3.63, 3.8) is 0 Å². The van der Waals surface area contributed by atoms with Crippen molar-refractivity contribution in [3.8, 4) is 0 Å². The van der Waals surface area contributed by atoms with Gasteiger partial charge in [0.1, 0.15) is 5.54 Å². The molecule has 2 N–H and O–H groups in total. The molecule has 0 saturated heterocycles. The molecule has 2 saturated carbocycles. The molecule has 2 rings (SSSR count). The van der Waals surface area contributed by atoms with Gasteiger partial charge >= 0.3 is 5.97 Å². The van der Waals surface area contributed by atoms with Crippen molar-refractivity contribution in [2.45, 2.75) is 57.9 Å². The summed E-state index contributed by atoms with van der Waals surface area (Å²) in [6.45, 7) is 8.09. The van der Waals surface area contributed by atoms with Crippen molar-refractivity contribution in [1.82, 2.24) is 10.2 Å². The van der Waals surface area contributed by atoms with E-state index in [1.54, 1.807) is 0 Å². The van der Waals surface area contributed by atoms with E-state index in [0.717, 1.165) is 51.4 Å². The van der Waals surface area contributed by atoms with E-state index >= 15 is 0 Å². The highest BCUT2D eigenvalue weighted by atomic mass is 16.4. The molecular formula is C16H30N2O2. The van der Waals surface area contributed by atoms with E-state index in [-0.39, 0.29) is 0 Å². The highest BCUT2D eigenvalue weighted by Crippen LogP contribution is 2.46. The van der Waals surface area contributed by atoms with E-state index in [9.17, 15) is 9.90 Å². The second-order valence-electron chi connectivity index (χ2n) is 6.53. The Morgan fingerprint density at radius 1 is 1.25 bits per heavy atom. The van der Waals surface area contributed by atoms with E-state index in [1.165, 1.54) is 19.3 Å². The summed E-state index contributed by atoms with van der Waals surface area (Å²) in [7, 11) is 0. The van der Waals surface area contributed by atoms with Gasteiger partial charge < -0.3 is 15.3 Å². The largest absolute Gasteiger partial charge is 0.480 e. The fourth-order valence-corrected chi connectivity index (χ4v) is 3.71. The third-order valence-corrected chi connectivity index (χ3v) is 5.27. The molecule has 0 radical (unpaired) electrons. The fraction of sp³-hybridized carbons (Fsp3) is 0.938.